The van der Waals surface area contributed by atoms with Crippen LogP contribution in [0.15, 0.2) is 261 Å². The van der Waals surface area contributed by atoms with Crippen LogP contribution in [-0.2, 0) is 5.41 Å². The van der Waals surface area contributed by atoms with Gasteiger partial charge in [0.25, 0.3) is 0 Å². The van der Waals surface area contributed by atoms with E-state index in [1.54, 1.807) is 0 Å². The molecular formula is C71H58N2. The molecule has 1 heterocycles. The van der Waals surface area contributed by atoms with Gasteiger partial charge in [0.05, 0.1) is 0 Å². The largest absolute Gasteiger partial charge is 0.341 e. The highest BCUT2D eigenvalue weighted by molar-refractivity contribution is 5.92. The number of fused-ring (bicyclic) bond motifs is 4. The van der Waals surface area contributed by atoms with E-state index in [1.807, 2.05) is 0 Å². The van der Waals surface area contributed by atoms with Gasteiger partial charge >= 0.3 is 0 Å². The van der Waals surface area contributed by atoms with Crippen molar-refractivity contribution < 1.29 is 0 Å². The van der Waals surface area contributed by atoms with Crippen molar-refractivity contribution in [3.8, 4) is 66.8 Å². The lowest BCUT2D eigenvalue weighted by Gasteiger charge is -2.31. The summed E-state index contributed by atoms with van der Waals surface area (Å²) in [5.74, 6) is 0.412. The van der Waals surface area contributed by atoms with Crippen LogP contribution in [0.4, 0.5) is 28.4 Å². The first-order chi connectivity index (χ1) is 35.7. The van der Waals surface area contributed by atoms with Crippen LogP contribution in [0.3, 0.4) is 0 Å². The second-order valence-electron chi connectivity index (χ2n) is 20.4. The minimum absolute atomic E-state index is 0.0928. The smallest absolute Gasteiger partial charge is 0.0490 e. The second-order valence-corrected chi connectivity index (χ2v) is 20.4. The molecule has 12 rings (SSSR count). The predicted molar refractivity (Wildman–Crippen MR) is 311 cm³/mol. The van der Waals surface area contributed by atoms with Gasteiger partial charge in [-0.2, -0.15) is 0 Å². The summed E-state index contributed by atoms with van der Waals surface area (Å²) in [6.45, 7) is 12.6. The molecule has 2 heteroatoms. The lowest BCUT2D eigenvalue weighted by atomic mass is 9.82. The topological polar surface area (TPSA) is 6.48 Å². The predicted octanol–water partition coefficient (Wildman–Crippen LogP) is 19.5. The Morgan fingerprint density at radius 1 is 0.411 bits per heavy atom. The minimum Gasteiger partial charge on any atom is -0.341 e. The van der Waals surface area contributed by atoms with Crippen LogP contribution in [-0.4, -0.2) is 6.54 Å². The fraction of sp³-hybridized carbons (Fsp3) is 0.0986. The molecule has 0 amide bonds. The summed E-state index contributed by atoms with van der Waals surface area (Å²) < 4.78 is 0. The molecule has 10 aromatic carbocycles. The summed E-state index contributed by atoms with van der Waals surface area (Å²) >= 11 is 0. The van der Waals surface area contributed by atoms with E-state index in [2.05, 4.69) is 285 Å². The van der Waals surface area contributed by atoms with E-state index in [4.69, 9.17) is 6.58 Å². The number of anilines is 5. The zero-order valence-electron chi connectivity index (χ0n) is 41.8. The van der Waals surface area contributed by atoms with E-state index >= 15 is 0 Å². The van der Waals surface area contributed by atoms with Crippen LogP contribution < -0.4 is 9.80 Å². The van der Waals surface area contributed by atoms with Gasteiger partial charge in [-0.15, -0.1) is 0 Å². The molecule has 0 aromatic heterocycles. The standard InChI is InChI=1S/C71H58N2/c1-49-20-19-21-50(2)66-46-56(34-39-70(66)72(48-49)63-42-57(51-22-9-5-10-23-51)40-58(43-63)52-24-11-6-12-25-52)55-32-35-61(36-33-55)73(62-37-38-69-67(47-62)65-30-17-18-31-68(65)71(69,3)4)64-44-59(53-26-13-7-14-27-53)41-60(45-64)54-28-15-8-16-29-54/h5-19,21-47,49H,2,20,48H2,1,3-4H3/b21-19-. The molecule has 0 radical (unpaired) electrons. The van der Waals surface area contributed by atoms with Crippen LogP contribution in [0, 0.1) is 5.92 Å². The van der Waals surface area contributed by atoms with Crippen molar-refractivity contribution in [3.05, 3.63) is 278 Å². The van der Waals surface area contributed by atoms with Crippen LogP contribution >= 0.6 is 0 Å². The van der Waals surface area contributed by atoms with Crippen molar-refractivity contribution in [2.45, 2.75) is 32.6 Å². The molecule has 0 N–H and O–H groups in total. The maximum absolute atomic E-state index is 4.71. The van der Waals surface area contributed by atoms with Gasteiger partial charge in [0.2, 0.25) is 0 Å². The van der Waals surface area contributed by atoms with Crippen molar-refractivity contribution in [2.75, 3.05) is 16.3 Å². The fourth-order valence-corrected chi connectivity index (χ4v) is 11.3. The number of allylic oxidation sites excluding steroid dienone is 3. The summed E-state index contributed by atoms with van der Waals surface area (Å²) in [5, 5.41) is 0. The normalized spacial score (nSPS) is 15.0. The molecular weight excluding hydrogens is 881 g/mol. The van der Waals surface area contributed by atoms with Gasteiger partial charge in [-0.05, 0) is 169 Å². The number of rotatable bonds is 9. The maximum atomic E-state index is 4.71. The molecule has 0 saturated heterocycles. The van der Waals surface area contributed by atoms with E-state index in [0.29, 0.717) is 5.92 Å². The monoisotopic (exact) mass is 938 g/mol. The number of hydrogen-bond acceptors (Lipinski definition) is 2. The SMILES string of the molecule is C=C1/C=C\CC(C)CN(c2cc(-c3ccccc3)cc(-c3ccccc3)c2)c2ccc(-c3ccc(N(c4cc(-c5ccccc5)cc(-c5ccccc5)c4)c4ccc5c(c4)-c4ccccc4C5(C)C)cc3)cc21. The van der Waals surface area contributed by atoms with Crippen LogP contribution in [0.5, 0.6) is 0 Å². The molecule has 1 aliphatic heterocycles. The molecule has 1 unspecified atom stereocenters. The summed E-state index contributed by atoms with van der Waals surface area (Å²) in [4.78, 5) is 4.98. The van der Waals surface area contributed by atoms with Gasteiger partial charge in [0.1, 0.15) is 0 Å². The molecule has 2 aliphatic rings. The Labute approximate surface area is 431 Å². The molecule has 1 aliphatic carbocycles. The highest BCUT2D eigenvalue weighted by Gasteiger charge is 2.35. The van der Waals surface area contributed by atoms with E-state index in [0.717, 1.165) is 58.0 Å². The van der Waals surface area contributed by atoms with Crippen LogP contribution in [0.1, 0.15) is 43.9 Å². The van der Waals surface area contributed by atoms with E-state index in [9.17, 15) is 0 Å². The Kier molecular flexibility index (Phi) is 11.9. The van der Waals surface area contributed by atoms with Crippen molar-refractivity contribution in [3.63, 3.8) is 0 Å². The molecule has 0 spiro atoms. The molecule has 0 bridgehead atoms. The lowest BCUT2D eigenvalue weighted by Crippen LogP contribution is -2.24. The average molecular weight is 939 g/mol. The van der Waals surface area contributed by atoms with Gasteiger partial charge in [0, 0.05) is 46.0 Å². The molecule has 0 fully saturated rings. The number of benzene rings is 10. The van der Waals surface area contributed by atoms with Gasteiger partial charge in [-0.3, -0.25) is 0 Å². The highest BCUT2D eigenvalue weighted by Crippen LogP contribution is 2.51. The third-order valence-electron chi connectivity index (χ3n) is 15.1. The number of hydrogen-bond donors (Lipinski definition) is 0. The summed E-state index contributed by atoms with van der Waals surface area (Å²) in [7, 11) is 0. The summed E-state index contributed by atoms with van der Waals surface area (Å²) in [6.07, 6.45) is 5.50. The lowest BCUT2D eigenvalue weighted by molar-refractivity contribution is 0.598. The third kappa shape index (κ3) is 8.81. The van der Waals surface area contributed by atoms with Crippen molar-refractivity contribution in [1.29, 1.82) is 0 Å². The minimum atomic E-state index is -0.0928. The fourth-order valence-electron chi connectivity index (χ4n) is 11.3. The van der Waals surface area contributed by atoms with E-state index in [-0.39, 0.29) is 5.41 Å². The molecule has 1 atom stereocenters. The Morgan fingerprint density at radius 3 is 1.47 bits per heavy atom. The van der Waals surface area contributed by atoms with Crippen molar-refractivity contribution >= 4 is 34.0 Å². The molecule has 10 aromatic rings. The quantitative estimate of drug-likeness (QED) is 0.142. The van der Waals surface area contributed by atoms with Crippen molar-refractivity contribution in [2.24, 2.45) is 5.92 Å². The maximum Gasteiger partial charge on any atom is 0.0490 e. The van der Waals surface area contributed by atoms with Gasteiger partial charge in [-0.25, -0.2) is 0 Å². The second kappa shape index (κ2) is 19.1. The molecule has 352 valence electrons. The molecule has 73 heavy (non-hydrogen) atoms. The van der Waals surface area contributed by atoms with E-state index < -0.39 is 0 Å². The van der Waals surface area contributed by atoms with E-state index in [1.165, 1.54) is 72.4 Å². The van der Waals surface area contributed by atoms with Gasteiger partial charge < -0.3 is 9.80 Å². The van der Waals surface area contributed by atoms with Crippen molar-refractivity contribution in [1.82, 2.24) is 0 Å². The van der Waals surface area contributed by atoms with Gasteiger partial charge in [0.15, 0.2) is 0 Å². The summed E-state index contributed by atoms with van der Waals surface area (Å²) in [5.41, 5.74) is 24.8. The zero-order chi connectivity index (χ0) is 49.5. The van der Waals surface area contributed by atoms with Crippen LogP contribution in [0.2, 0.25) is 0 Å². The average Bonchev–Trinajstić information content (AvgIpc) is 3.70. The first kappa shape index (κ1) is 45.4. The Morgan fingerprint density at radius 2 is 0.890 bits per heavy atom. The Bertz CT molecular complexity index is 3550. The summed E-state index contributed by atoms with van der Waals surface area (Å²) in [6, 6.07) is 89.3. The highest BCUT2D eigenvalue weighted by atomic mass is 15.1. The third-order valence-corrected chi connectivity index (χ3v) is 15.1. The molecule has 0 saturated carbocycles. The first-order valence-corrected chi connectivity index (χ1v) is 25.7. The molecule has 2 nitrogen and oxygen atoms in total. The zero-order valence-corrected chi connectivity index (χ0v) is 41.8. The van der Waals surface area contributed by atoms with Gasteiger partial charge in [-0.1, -0.05) is 209 Å². The Hall–Kier alpha value is -8.72. The number of nitrogens with zero attached hydrogens (tertiary/aromatic N) is 2. The Balaban J connectivity index is 0.980. The first-order valence-electron chi connectivity index (χ1n) is 25.7. The van der Waals surface area contributed by atoms with Crippen LogP contribution in [0.25, 0.3) is 72.3 Å².